The number of aliphatic carboxylic acids is 2. The number of carbonyl (C=O) groups is 2. The van der Waals surface area contributed by atoms with Crippen molar-refractivity contribution in [3.63, 3.8) is 0 Å². The molecule has 1 aromatic heterocycles. The van der Waals surface area contributed by atoms with Crippen LogP contribution in [0.5, 0.6) is 0 Å². The van der Waals surface area contributed by atoms with Gasteiger partial charge < -0.3 is 15.1 Å². The summed E-state index contributed by atoms with van der Waals surface area (Å²) in [7, 11) is 2.29. The van der Waals surface area contributed by atoms with Gasteiger partial charge in [0.25, 0.3) is 0 Å². The molecule has 0 amide bonds. The summed E-state index contributed by atoms with van der Waals surface area (Å²) in [5.74, 6) is -1.49. The summed E-state index contributed by atoms with van der Waals surface area (Å²) in [5, 5.41) is 24.6. The third-order valence-electron chi connectivity index (χ3n) is 5.80. The molecule has 2 N–H and O–H groups in total. The number of hydrogen-bond acceptors (Lipinski definition) is 6. The number of anilines is 1. The highest BCUT2D eigenvalue weighted by molar-refractivity contribution is 5.89. The first kappa shape index (κ1) is 22.4. The predicted octanol–water partition coefficient (Wildman–Crippen LogP) is 2.92. The van der Waals surface area contributed by atoms with Gasteiger partial charge in [0.1, 0.15) is 0 Å². The van der Waals surface area contributed by atoms with Crippen LogP contribution >= 0.6 is 0 Å². The van der Waals surface area contributed by atoms with Gasteiger partial charge in [-0.25, -0.2) is 9.59 Å². The third-order valence-corrected chi connectivity index (χ3v) is 5.80. The van der Waals surface area contributed by atoms with E-state index < -0.39 is 11.9 Å². The van der Waals surface area contributed by atoms with Crippen LogP contribution in [0.25, 0.3) is 11.3 Å². The fraction of sp³-hybridized carbons (Fsp3) is 0.391. The number of aromatic nitrogens is 2. The van der Waals surface area contributed by atoms with Crippen LogP contribution in [0.1, 0.15) is 25.7 Å². The van der Waals surface area contributed by atoms with Crippen molar-refractivity contribution < 1.29 is 19.8 Å². The van der Waals surface area contributed by atoms with Crippen molar-refractivity contribution in [2.24, 2.45) is 0 Å². The van der Waals surface area contributed by atoms with Gasteiger partial charge in [-0.1, -0.05) is 36.8 Å². The van der Waals surface area contributed by atoms with Gasteiger partial charge in [-0.2, -0.15) is 0 Å². The van der Waals surface area contributed by atoms with E-state index >= 15 is 0 Å². The number of rotatable bonds is 4. The Kier molecular flexibility index (Phi) is 7.72. The van der Waals surface area contributed by atoms with Crippen LogP contribution in [0.15, 0.2) is 54.6 Å². The number of hydrogen-bond donors (Lipinski definition) is 2. The highest BCUT2D eigenvalue weighted by atomic mass is 16.4. The van der Waals surface area contributed by atoms with Crippen LogP contribution < -0.4 is 4.90 Å². The van der Waals surface area contributed by atoms with Gasteiger partial charge >= 0.3 is 11.9 Å². The molecule has 2 unspecified atom stereocenters. The van der Waals surface area contributed by atoms with Gasteiger partial charge in [-0.15, -0.1) is 10.2 Å². The Morgan fingerprint density at radius 1 is 0.935 bits per heavy atom. The lowest BCUT2D eigenvalue weighted by Crippen LogP contribution is -2.45. The number of fused-ring (bicyclic) bond motifs is 2. The van der Waals surface area contributed by atoms with Gasteiger partial charge in [-0.05, 0) is 38.4 Å². The number of carboxylic acids is 2. The average Bonchev–Trinajstić information content (AvgIpc) is 2.86. The van der Waals surface area contributed by atoms with Gasteiger partial charge in [0.15, 0.2) is 5.82 Å². The molecular formula is C23H28N4O4. The SMILES string of the molecule is CN1C2CCCC1CN(c1ccc(-c3ccccc3)nn1)CC2.O=C(O)/C=C/C(=O)O. The van der Waals surface area contributed by atoms with Crippen LogP contribution in [-0.4, -0.2) is 69.5 Å². The molecule has 4 rings (SSSR count). The second kappa shape index (κ2) is 10.7. The van der Waals surface area contributed by atoms with Gasteiger partial charge in [0.05, 0.1) is 5.69 Å². The first-order chi connectivity index (χ1) is 14.9. The Hall–Kier alpha value is -3.26. The Morgan fingerprint density at radius 2 is 1.61 bits per heavy atom. The van der Waals surface area contributed by atoms with E-state index in [2.05, 4.69) is 51.3 Å². The van der Waals surface area contributed by atoms with Crippen LogP contribution in [0.3, 0.4) is 0 Å². The number of likely N-dealkylation sites (N-methyl/N-ethyl adjacent to an activating group) is 1. The maximum atomic E-state index is 9.55. The summed E-state index contributed by atoms with van der Waals surface area (Å²) in [4.78, 5) is 24.1. The fourth-order valence-electron chi connectivity index (χ4n) is 4.12. The lowest BCUT2D eigenvalue weighted by Gasteiger charge is -2.37. The lowest BCUT2D eigenvalue weighted by molar-refractivity contribution is -0.134. The maximum absolute atomic E-state index is 9.55. The van der Waals surface area contributed by atoms with Crippen LogP contribution in [0.2, 0.25) is 0 Å². The molecule has 3 heterocycles. The zero-order valence-electron chi connectivity index (χ0n) is 17.6. The van der Waals surface area contributed by atoms with Crippen molar-refractivity contribution in [1.29, 1.82) is 0 Å². The minimum absolute atomic E-state index is 0.558. The van der Waals surface area contributed by atoms with E-state index in [1.165, 1.54) is 25.7 Å². The lowest BCUT2D eigenvalue weighted by atomic mass is 9.96. The van der Waals surface area contributed by atoms with Crippen molar-refractivity contribution in [3.05, 3.63) is 54.6 Å². The number of nitrogens with zero attached hydrogens (tertiary/aromatic N) is 4. The minimum Gasteiger partial charge on any atom is -0.478 e. The first-order valence-electron chi connectivity index (χ1n) is 10.4. The van der Waals surface area contributed by atoms with Crippen molar-refractivity contribution in [2.75, 3.05) is 25.0 Å². The molecule has 8 nitrogen and oxygen atoms in total. The number of piperidine rings is 1. The van der Waals surface area contributed by atoms with Crippen molar-refractivity contribution in [3.8, 4) is 11.3 Å². The molecule has 1 aromatic carbocycles. The third kappa shape index (κ3) is 6.36. The Morgan fingerprint density at radius 3 is 2.23 bits per heavy atom. The molecule has 2 fully saturated rings. The van der Waals surface area contributed by atoms with E-state index in [1.54, 1.807) is 0 Å². The number of carboxylic acid groups (broad SMARTS) is 2. The molecule has 8 heteroatoms. The minimum atomic E-state index is -1.26. The summed E-state index contributed by atoms with van der Waals surface area (Å²) < 4.78 is 0. The number of benzene rings is 1. The van der Waals surface area contributed by atoms with E-state index in [4.69, 9.17) is 10.2 Å². The molecule has 2 aliphatic rings. The second-order valence-electron chi connectivity index (χ2n) is 7.79. The molecule has 2 atom stereocenters. The molecule has 2 aromatic rings. The molecule has 0 saturated carbocycles. The van der Waals surface area contributed by atoms with E-state index in [9.17, 15) is 9.59 Å². The van der Waals surface area contributed by atoms with E-state index in [0.29, 0.717) is 18.2 Å². The average molecular weight is 425 g/mol. The van der Waals surface area contributed by atoms with Crippen molar-refractivity contribution in [2.45, 2.75) is 37.8 Å². The molecule has 2 aliphatic heterocycles. The van der Waals surface area contributed by atoms with Gasteiger partial charge in [-0.3, -0.25) is 4.90 Å². The molecule has 0 radical (unpaired) electrons. The molecular weight excluding hydrogens is 396 g/mol. The maximum Gasteiger partial charge on any atom is 0.328 e. The summed E-state index contributed by atoms with van der Waals surface area (Å²) >= 11 is 0. The standard InChI is InChI=1S/C19H24N4.C4H4O4/c1-22-16-8-5-9-17(22)14-23(13-12-16)19-11-10-18(20-21-19)15-6-3-2-4-7-15;5-3(6)1-2-4(7)8/h2-4,6-7,10-11,16-17H,5,8-9,12-14H2,1H3;1-2H,(H,5,6)(H,7,8)/b;2-1+. The molecule has 0 aliphatic carbocycles. The normalized spacial score (nSPS) is 21.1. The Labute approximate surface area is 181 Å². The van der Waals surface area contributed by atoms with Crippen molar-refractivity contribution in [1.82, 2.24) is 15.1 Å². The fourth-order valence-corrected chi connectivity index (χ4v) is 4.12. The predicted molar refractivity (Wildman–Crippen MR) is 118 cm³/mol. The molecule has 31 heavy (non-hydrogen) atoms. The summed E-state index contributed by atoms with van der Waals surface area (Å²) in [6, 6.07) is 15.9. The second-order valence-corrected chi connectivity index (χ2v) is 7.79. The van der Waals surface area contributed by atoms with Crippen molar-refractivity contribution >= 4 is 17.8 Å². The van der Waals surface area contributed by atoms with Crippen LogP contribution in [-0.2, 0) is 9.59 Å². The van der Waals surface area contributed by atoms with Gasteiger partial charge in [0.2, 0.25) is 0 Å². The van der Waals surface area contributed by atoms with Crippen LogP contribution in [0, 0.1) is 0 Å². The smallest absolute Gasteiger partial charge is 0.328 e. The van der Waals surface area contributed by atoms with E-state index in [0.717, 1.165) is 36.2 Å². The molecule has 2 saturated heterocycles. The first-order valence-corrected chi connectivity index (χ1v) is 10.4. The zero-order valence-corrected chi connectivity index (χ0v) is 17.6. The van der Waals surface area contributed by atoms with E-state index in [-0.39, 0.29) is 0 Å². The molecule has 164 valence electrons. The highest BCUT2D eigenvalue weighted by Gasteiger charge is 2.32. The topological polar surface area (TPSA) is 107 Å². The molecule has 0 spiro atoms. The van der Waals surface area contributed by atoms with E-state index in [1.807, 2.05) is 18.2 Å². The van der Waals surface area contributed by atoms with Gasteiger partial charge in [0, 0.05) is 42.9 Å². The largest absolute Gasteiger partial charge is 0.478 e. The quantitative estimate of drug-likeness (QED) is 0.722. The summed E-state index contributed by atoms with van der Waals surface area (Å²) in [6.07, 6.45) is 6.37. The summed E-state index contributed by atoms with van der Waals surface area (Å²) in [6.45, 7) is 2.16. The Bertz CT molecular complexity index is 886. The zero-order chi connectivity index (χ0) is 22.2. The molecule has 2 bridgehead atoms. The Balaban J connectivity index is 0.000000293. The monoisotopic (exact) mass is 424 g/mol. The highest BCUT2D eigenvalue weighted by Crippen LogP contribution is 2.29. The summed E-state index contributed by atoms with van der Waals surface area (Å²) in [5.41, 5.74) is 2.07. The van der Waals surface area contributed by atoms with Crippen LogP contribution in [0.4, 0.5) is 5.82 Å².